The summed E-state index contributed by atoms with van der Waals surface area (Å²) in [5.74, 6) is 0.476. The highest BCUT2D eigenvalue weighted by Gasteiger charge is 2.55. The van der Waals surface area contributed by atoms with Crippen molar-refractivity contribution in [1.29, 1.82) is 0 Å². The predicted molar refractivity (Wildman–Crippen MR) is 83.5 cm³/mol. The summed E-state index contributed by atoms with van der Waals surface area (Å²) in [4.78, 5) is 0. The summed E-state index contributed by atoms with van der Waals surface area (Å²) in [5.41, 5.74) is 0.0439. The summed E-state index contributed by atoms with van der Waals surface area (Å²) in [6, 6.07) is 0. The van der Waals surface area contributed by atoms with Crippen molar-refractivity contribution >= 4 is 32.6 Å². The van der Waals surface area contributed by atoms with Gasteiger partial charge in [-0.2, -0.15) is 0 Å². The van der Waals surface area contributed by atoms with Gasteiger partial charge in [-0.25, -0.2) is 13.1 Å². The molecular formula is C13H24INO2S. The quantitative estimate of drug-likeness (QED) is 0.587. The summed E-state index contributed by atoms with van der Waals surface area (Å²) < 4.78 is 27.0. The summed E-state index contributed by atoms with van der Waals surface area (Å²) in [5, 5.41) is 0. The van der Waals surface area contributed by atoms with Gasteiger partial charge in [0.25, 0.3) is 0 Å². The van der Waals surface area contributed by atoms with E-state index in [1.54, 1.807) is 0 Å². The molecule has 0 heterocycles. The number of rotatable bonds is 2. The van der Waals surface area contributed by atoms with Crippen LogP contribution in [0.25, 0.3) is 0 Å². The molecule has 0 bridgehead atoms. The Hall–Kier alpha value is 0.640. The minimum Gasteiger partial charge on any atom is -0.213 e. The third kappa shape index (κ3) is 2.73. The fourth-order valence-corrected chi connectivity index (χ4v) is 6.82. The van der Waals surface area contributed by atoms with Gasteiger partial charge in [0, 0.05) is 9.46 Å². The largest absolute Gasteiger partial charge is 0.213 e. The third-order valence-electron chi connectivity index (χ3n) is 4.86. The Bertz CT molecular complexity index is 421. The molecule has 0 saturated heterocycles. The van der Waals surface area contributed by atoms with Gasteiger partial charge in [-0.15, -0.1) is 0 Å². The van der Waals surface area contributed by atoms with Crippen molar-refractivity contribution in [3.05, 3.63) is 0 Å². The number of sulfonamides is 1. The lowest BCUT2D eigenvalue weighted by Crippen LogP contribution is -2.58. The van der Waals surface area contributed by atoms with Crippen molar-refractivity contribution in [1.82, 2.24) is 4.72 Å². The number of halogens is 1. The van der Waals surface area contributed by atoms with E-state index in [0.29, 0.717) is 9.84 Å². The van der Waals surface area contributed by atoms with Crippen LogP contribution in [0.1, 0.15) is 52.4 Å². The van der Waals surface area contributed by atoms with Gasteiger partial charge in [0.1, 0.15) is 0 Å². The number of hydrogen-bond acceptors (Lipinski definition) is 2. The molecule has 106 valence electrons. The van der Waals surface area contributed by atoms with Gasteiger partial charge in [0.2, 0.25) is 10.0 Å². The van der Waals surface area contributed by atoms with Crippen molar-refractivity contribution in [2.75, 3.05) is 6.26 Å². The molecule has 1 N–H and O–H groups in total. The number of hydrogen-bond donors (Lipinski definition) is 1. The third-order valence-corrected chi connectivity index (χ3v) is 7.35. The van der Waals surface area contributed by atoms with Crippen LogP contribution in [-0.4, -0.2) is 24.1 Å². The van der Waals surface area contributed by atoms with Crippen LogP contribution in [-0.2, 0) is 10.0 Å². The normalized spacial score (nSPS) is 40.2. The average molecular weight is 385 g/mol. The molecule has 2 aliphatic carbocycles. The Balaban J connectivity index is 2.43. The Morgan fingerprint density at radius 3 is 2.39 bits per heavy atom. The van der Waals surface area contributed by atoms with E-state index in [1.807, 2.05) is 0 Å². The van der Waals surface area contributed by atoms with Crippen molar-refractivity contribution in [3.63, 3.8) is 0 Å². The van der Waals surface area contributed by atoms with E-state index >= 15 is 0 Å². The zero-order valence-electron chi connectivity index (χ0n) is 11.5. The van der Waals surface area contributed by atoms with E-state index in [2.05, 4.69) is 41.2 Å². The van der Waals surface area contributed by atoms with Crippen LogP contribution in [0.5, 0.6) is 0 Å². The first-order chi connectivity index (χ1) is 8.17. The van der Waals surface area contributed by atoms with E-state index in [9.17, 15) is 8.42 Å². The molecule has 2 rings (SSSR count). The zero-order valence-corrected chi connectivity index (χ0v) is 14.5. The average Bonchev–Trinajstić information content (AvgIpc) is 2.56. The second kappa shape index (κ2) is 4.88. The van der Waals surface area contributed by atoms with Gasteiger partial charge in [-0.3, -0.25) is 0 Å². The molecule has 5 heteroatoms. The van der Waals surface area contributed by atoms with Crippen LogP contribution in [0.4, 0.5) is 0 Å². The maximum Gasteiger partial charge on any atom is 0.209 e. The molecule has 0 aliphatic heterocycles. The first-order valence-corrected chi connectivity index (χ1v) is 9.94. The SMILES string of the molecule is CC1(C)CCCC(I)[C@@]2(NS(C)(=O)=O)CCCC12. The van der Waals surface area contributed by atoms with Gasteiger partial charge in [0.15, 0.2) is 0 Å². The Labute approximate surface area is 125 Å². The van der Waals surface area contributed by atoms with Crippen LogP contribution in [0, 0.1) is 11.3 Å². The zero-order chi connectivity index (χ0) is 13.6. The summed E-state index contributed by atoms with van der Waals surface area (Å²) >= 11 is 2.48. The lowest BCUT2D eigenvalue weighted by atomic mass is 9.69. The molecule has 2 fully saturated rings. The van der Waals surface area contributed by atoms with Crippen LogP contribution in [0.2, 0.25) is 0 Å². The summed E-state index contributed by atoms with van der Waals surface area (Å²) in [6.45, 7) is 4.63. The molecular weight excluding hydrogens is 361 g/mol. The minimum absolute atomic E-state index is 0.200. The van der Waals surface area contributed by atoms with Crippen LogP contribution in [0.3, 0.4) is 0 Å². The molecule has 0 radical (unpaired) electrons. The van der Waals surface area contributed by atoms with Gasteiger partial charge >= 0.3 is 0 Å². The van der Waals surface area contributed by atoms with Crippen LogP contribution in [0.15, 0.2) is 0 Å². The molecule has 2 unspecified atom stereocenters. The fourth-order valence-electron chi connectivity index (χ4n) is 4.19. The van der Waals surface area contributed by atoms with Crippen molar-refractivity contribution in [2.45, 2.75) is 61.8 Å². The van der Waals surface area contributed by atoms with Crippen molar-refractivity contribution in [3.8, 4) is 0 Å². The Kier molecular flexibility index (Phi) is 4.08. The van der Waals surface area contributed by atoms with Gasteiger partial charge < -0.3 is 0 Å². The van der Waals surface area contributed by atoms with Crippen molar-refractivity contribution < 1.29 is 8.42 Å². The molecule has 2 aliphatic rings. The van der Waals surface area contributed by atoms with E-state index < -0.39 is 10.0 Å². The van der Waals surface area contributed by atoms with E-state index in [4.69, 9.17) is 0 Å². The topological polar surface area (TPSA) is 46.2 Å². The molecule has 0 aromatic heterocycles. The highest BCUT2D eigenvalue weighted by Crippen LogP contribution is 2.54. The molecule has 18 heavy (non-hydrogen) atoms. The van der Waals surface area contributed by atoms with Crippen LogP contribution >= 0.6 is 22.6 Å². The predicted octanol–water partition coefficient (Wildman–Crippen LogP) is 3.09. The van der Waals surface area contributed by atoms with Gasteiger partial charge in [0.05, 0.1) is 6.26 Å². The van der Waals surface area contributed by atoms with E-state index in [1.165, 1.54) is 19.1 Å². The second-order valence-corrected chi connectivity index (χ2v) is 9.96. The minimum atomic E-state index is -3.14. The first kappa shape index (κ1) is 15.0. The maximum atomic E-state index is 11.8. The lowest BCUT2D eigenvalue weighted by molar-refractivity contribution is 0.135. The highest BCUT2D eigenvalue weighted by atomic mass is 127. The van der Waals surface area contributed by atoms with E-state index in [-0.39, 0.29) is 11.0 Å². The first-order valence-electron chi connectivity index (χ1n) is 6.80. The lowest BCUT2D eigenvalue weighted by Gasteiger charge is -2.44. The molecule has 0 spiro atoms. The monoisotopic (exact) mass is 385 g/mol. The smallest absolute Gasteiger partial charge is 0.209 e. The number of nitrogens with one attached hydrogen (secondary N) is 1. The number of fused-ring (bicyclic) bond motifs is 1. The van der Waals surface area contributed by atoms with E-state index in [0.717, 1.165) is 25.7 Å². The Morgan fingerprint density at radius 2 is 1.78 bits per heavy atom. The van der Waals surface area contributed by atoms with Crippen molar-refractivity contribution in [2.24, 2.45) is 11.3 Å². The molecule has 3 nitrogen and oxygen atoms in total. The highest BCUT2D eigenvalue weighted by molar-refractivity contribution is 14.1. The van der Waals surface area contributed by atoms with Crippen LogP contribution < -0.4 is 4.72 Å². The molecule has 0 aromatic carbocycles. The number of alkyl halides is 1. The van der Waals surface area contributed by atoms with Gasteiger partial charge in [-0.05, 0) is 37.0 Å². The second-order valence-electron chi connectivity index (χ2n) is 6.71. The standard InChI is InChI=1S/C13H24INO2S/c1-12(2)8-5-7-11(14)13(15-18(3,16)17)9-4-6-10(12)13/h10-11,15H,4-9H2,1-3H3/t10?,11?,13-/m1/s1. The molecule has 0 aromatic rings. The molecule has 0 amide bonds. The summed E-state index contributed by atoms with van der Waals surface area (Å²) in [7, 11) is -3.14. The summed E-state index contributed by atoms with van der Waals surface area (Å²) in [6.07, 6.45) is 8.17. The molecule has 2 saturated carbocycles. The molecule has 3 atom stereocenters. The van der Waals surface area contributed by atoms with Gasteiger partial charge in [-0.1, -0.05) is 49.3 Å². The fraction of sp³-hybridized carbons (Fsp3) is 1.00. The maximum absolute atomic E-state index is 11.8. The Morgan fingerprint density at radius 1 is 1.17 bits per heavy atom.